The van der Waals surface area contributed by atoms with Gasteiger partial charge >= 0.3 is 0 Å². The van der Waals surface area contributed by atoms with Crippen LogP contribution in [0.25, 0.3) is 11.0 Å². The number of likely N-dealkylation sites (tertiary alicyclic amines) is 1. The average molecular weight is 613 g/mol. The molecular weight excluding hydrogens is 572 g/mol. The zero-order valence-electron chi connectivity index (χ0n) is 25.6. The van der Waals surface area contributed by atoms with Gasteiger partial charge in [0, 0.05) is 19.6 Å². The van der Waals surface area contributed by atoms with Gasteiger partial charge in [0.05, 0.1) is 36.1 Å². The first-order valence-electron chi connectivity index (χ1n) is 15.6. The van der Waals surface area contributed by atoms with E-state index < -0.39 is 42.2 Å². The molecule has 3 aliphatic heterocycles. The van der Waals surface area contributed by atoms with Gasteiger partial charge in [-0.1, -0.05) is 66.8 Å². The van der Waals surface area contributed by atoms with E-state index in [1.807, 2.05) is 61.5 Å². The lowest BCUT2D eigenvalue weighted by atomic mass is 9.70. The Kier molecular flexibility index (Phi) is 8.56. The minimum absolute atomic E-state index is 0.0647. The van der Waals surface area contributed by atoms with Crippen molar-refractivity contribution in [2.24, 2.45) is 11.8 Å². The lowest BCUT2D eigenvalue weighted by Gasteiger charge is -2.39. The molecule has 2 unspecified atom stereocenters. The Morgan fingerprint density at radius 1 is 1.09 bits per heavy atom. The molecule has 3 saturated heterocycles. The van der Waals surface area contributed by atoms with E-state index in [1.165, 1.54) is 4.90 Å². The van der Waals surface area contributed by atoms with Gasteiger partial charge in [-0.3, -0.25) is 14.4 Å². The molecule has 45 heavy (non-hydrogen) atoms. The molecule has 6 rings (SSSR count). The highest BCUT2D eigenvalue weighted by molar-refractivity contribution is 5.99. The van der Waals surface area contributed by atoms with Gasteiger partial charge in [-0.05, 0) is 37.0 Å². The number of carbonyl (C=O) groups is 3. The van der Waals surface area contributed by atoms with Crippen molar-refractivity contribution >= 4 is 28.8 Å². The maximum Gasteiger partial charge on any atom is 0.250 e. The average Bonchev–Trinajstić information content (AvgIpc) is 3.81. The van der Waals surface area contributed by atoms with Crippen LogP contribution in [0.2, 0.25) is 0 Å². The van der Waals surface area contributed by atoms with E-state index in [0.29, 0.717) is 37.0 Å². The Morgan fingerprint density at radius 2 is 1.80 bits per heavy atom. The second-order valence-corrected chi connectivity index (χ2v) is 12.1. The van der Waals surface area contributed by atoms with Gasteiger partial charge in [-0.2, -0.15) is 0 Å². The molecular formula is C34H40N6O5. The number of aromatic nitrogens is 3. The SMILES string of the molecule is C=CCN(Cn1nnc2ccccc21)C(=O)C1N([C@H](CO)c2ccccc2)C(=O)[C@@H]2[C@H](C(=O)N(CC=C)CCC)[C@@H]3CCC12O3. The largest absolute Gasteiger partial charge is 0.394 e. The summed E-state index contributed by atoms with van der Waals surface area (Å²) in [6.07, 6.45) is 4.58. The number of carbonyl (C=O) groups excluding carboxylic acids is 3. The summed E-state index contributed by atoms with van der Waals surface area (Å²) in [6, 6.07) is 14.8. The third kappa shape index (κ3) is 5.04. The number of aliphatic hydroxyl groups is 1. The van der Waals surface area contributed by atoms with Crippen LogP contribution < -0.4 is 0 Å². The molecule has 4 heterocycles. The van der Waals surface area contributed by atoms with E-state index in [4.69, 9.17) is 4.74 Å². The van der Waals surface area contributed by atoms with Crippen LogP contribution in [0.15, 0.2) is 79.9 Å². The number of hydrogen-bond acceptors (Lipinski definition) is 7. The number of amides is 3. The van der Waals surface area contributed by atoms with Crippen molar-refractivity contribution in [2.45, 2.75) is 56.6 Å². The third-order valence-electron chi connectivity index (χ3n) is 9.49. The quantitative estimate of drug-likeness (QED) is 0.295. The number of fused-ring (bicyclic) bond motifs is 2. The fraction of sp³-hybridized carbons (Fsp3) is 0.441. The summed E-state index contributed by atoms with van der Waals surface area (Å²) in [6.45, 7) is 10.4. The Morgan fingerprint density at radius 3 is 2.51 bits per heavy atom. The minimum atomic E-state index is -1.22. The first kappa shape index (κ1) is 30.7. The van der Waals surface area contributed by atoms with Crippen molar-refractivity contribution in [3.05, 3.63) is 85.5 Å². The van der Waals surface area contributed by atoms with Crippen LogP contribution in [-0.4, -0.2) is 96.5 Å². The lowest BCUT2D eigenvalue weighted by molar-refractivity contribution is -0.153. The van der Waals surface area contributed by atoms with E-state index in [9.17, 15) is 19.5 Å². The van der Waals surface area contributed by atoms with Gasteiger partial charge < -0.3 is 24.5 Å². The molecule has 3 amide bonds. The van der Waals surface area contributed by atoms with Gasteiger partial charge in [0.25, 0.3) is 0 Å². The molecule has 11 nitrogen and oxygen atoms in total. The second-order valence-electron chi connectivity index (χ2n) is 12.1. The summed E-state index contributed by atoms with van der Waals surface area (Å²) in [5, 5.41) is 19.3. The number of ether oxygens (including phenoxy) is 1. The van der Waals surface area contributed by atoms with E-state index >= 15 is 0 Å². The maximum absolute atomic E-state index is 14.9. The molecule has 0 aliphatic carbocycles. The number of para-hydroxylation sites is 1. The minimum Gasteiger partial charge on any atom is -0.394 e. The van der Waals surface area contributed by atoms with Crippen LogP contribution in [-0.2, 0) is 25.8 Å². The molecule has 3 aliphatic rings. The smallest absolute Gasteiger partial charge is 0.250 e. The summed E-state index contributed by atoms with van der Waals surface area (Å²) in [5.74, 6) is -2.47. The van der Waals surface area contributed by atoms with Gasteiger partial charge in [-0.25, -0.2) is 4.68 Å². The Balaban J connectivity index is 1.44. The van der Waals surface area contributed by atoms with E-state index in [1.54, 1.807) is 26.6 Å². The molecule has 0 radical (unpaired) electrons. The zero-order valence-corrected chi connectivity index (χ0v) is 25.6. The molecule has 2 bridgehead atoms. The molecule has 3 aromatic rings. The van der Waals surface area contributed by atoms with Gasteiger partial charge in [0.15, 0.2) is 0 Å². The van der Waals surface area contributed by atoms with Crippen molar-refractivity contribution in [3.8, 4) is 0 Å². The predicted octanol–water partition coefficient (Wildman–Crippen LogP) is 2.94. The second kappa shape index (κ2) is 12.6. The van der Waals surface area contributed by atoms with E-state index in [2.05, 4.69) is 23.5 Å². The summed E-state index contributed by atoms with van der Waals surface area (Å²) < 4.78 is 8.34. The van der Waals surface area contributed by atoms with Crippen LogP contribution >= 0.6 is 0 Å². The van der Waals surface area contributed by atoms with Gasteiger partial charge in [0.1, 0.15) is 23.8 Å². The predicted molar refractivity (Wildman–Crippen MR) is 167 cm³/mol. The topological polar surface area (TPSA) is 121 Å². The van der Waals surface area contributed by atoms with Crippen LogP contribution in [0, 0.1) is 11.8 Å². The van der Waals surface area contributed by atoms with Crippen molar-refractivity contribution in [1.82, 2.24) is 29.7 Å². The summed E-state index contributed by atoms with van der Waals surface area (Å²) in [5.41, 5.74) is 0.919. The zero-order chi connectivity index (χ0) is 31.7. The van der Waals surface area contributed by atoms with Crippen molar-refractivity contribution in [1.29, 1.82) is 0 Å². The van der Waals surface area contributed by atoms with Crippen LogP contribution in [0.5, 0.6) is 0 Å². The Bertz CT molecular complexity index is 1590. The molecule has 1 aromatic heterocycles. The summed E-state index contributed by atoms with van der Waals surface area (Å²) >= 11 is 0. The maximum atomic E-state index is 14.9. The van der Waals surface area contributed by atoms with Crippen LogP contribution in [0.1, 0.15) is 37.8 Å². The first-order chi connectivity index (χ1) is 21.9. The molecule has 1 N–H and O–H groups in total. The van der Waals surface area contributed by atoms with Gasteiger partial charge in [0.2, 0.25) is 17.7 Å². The lowest BCUT2D eigenvalue weighted by Crippen LogP contribution is -2.57. The molecule has 6 atom stereocenters. The van der Waals surface area contributed by atoms with Gasteiger partial charge in [-0.15, -0.1) is 18.3 Å². The number of aliphatic hydroxyl groups excluding tert-OH is 1. The van der Waals surface area contributed by atoms with Crippen molar-refractivity contribution < 1.29 is 24.2 Å². The van der Waals surface area contributed by atoms with E-state index in [-0.39, 0.29) is 30.9 Å². The molecule has 3 fully saturated rings. The van der Waals surface area contributed by atoms with Crippen molar-refractivity contribution in [3.63, 3.8) is 0 Å². The summed E-state index contributed by atoms with van der Waals surface area (Å²) in [4.78, 5) is 48.5. The molecule has 2 aromatic carbocycles. The third-order valence-corrected chi connectivity index (χ3v) is 9.49. The molecule has 0 saturated carbocycles. The number of hydrogen-bond donors (Lipinski definition) is 1. The molecule has 236 valence electrons. The standard InChI is InChI=1S/C34H40N6O5/c1-4-18-37(19-5-2)31(42)28-27-16-17-34(45-27)29(28)32(43)40(26(21-41)23-12-8-7-9-13-23)30(34)33(44)38(20-6-3)22-39-25-15-11-10-14-24(25)35-36-39/h4,6-15,26-30,41H,1,3,5,16-22H2,2H3/t26-,27+,28-,29+,30?,34?/m1/s1. The highest BCUT2D eigenvalue weighted by atomic mass is 16.5. The van der Waals surface area contributed by atoms with Crippen molar-refractivity contribution in [2.75, 3.05) is 26.2 Å². The van der Waals surface area contributed by atoms with E-state index in [0.717, 1.165) is 11.9 Å². The number of rotatable bonds is 13. The Labute approximate surface area is 262 Å². The molecule has 1 spiro atoms. The Hall–Kier alpha value is -4.35. The highest BCUT2D eigenvalue weighted by Gasteiger charge is 2.75. The fourth-order valence-corrected chi connectivity index (χ4v) is 7.67. The number of benzene rings is 2. The molecule has 11 heteroatoms. The van der Waals surface area contributed by atoms with Crippen LogP contribution in [0.3, 0.4) is 0 Å². The normalized spacial score (nSPS) is 25.7. The number of nitrogens with zero attached hydrogens (tertiary/aromatic N) is 6. The first-order valence-corrected chi connectivity index (χ1v) is 15.6. The summed E-state index contributed by atoms with van der Waals surface area (Å²) in [7, 11) is 0. The fourth-order valence-electron chi connectivity index (χ4n) is 7.67. The highest BCUT2D eigenvalue weighted by Crippen LogP contribution is 2.60. The monoisotopic (exact) mass is 612 g/mol. The van der Waals surface area contributed by atoms with Crippen LogP contribution in [0.4, 0.5) is 0 Å².